The van der Waals surface area contributed by atoms with Crippen LogP contribution in [0.3, 0.4) is 0 Å². The van der Waals surface area contributed by atoms with Crippen LogP contribution in [0.15, 0.2) is 23.7 Å². The second kappa shape index (κ2) is 7.48. The Morgan fingerprint density at radius 2 is 2.13 bits per heavy atom. The van der Waals surface area contributed by atoms with Gasteiger partial charge in [0, 0.05) is 24.5 Å². The minimum atomic E-state index is -1.36. The summed E-state index contributed by atoms with van der Waals surface area (Å²) in [5.41, 5.74) is 11.2. The van der Waals surface area contributed by atoms with Crippen molar-refractivity contribution in [2.24, 2.45) is 12.1 Å². The number of hydrogen-bond donors (Lipinski definition) is 4. The molecular weight excluding hydrogens is 392 g/mol. The lowest BCUT2D eigenvalue weighted by atomic mass is 10.1. The molecule has 4 heterocycles. The number of aromatic nitrogens is 5. The molecule has 158 valence electrons. The lowest BCUT2D eigenvalue weighted by Crippen LogP contribution is -2.34. The number of Topliss-reactive ketones (excluding diaryl/α,β-unsaturated/α-hetero) is 1. The van der Waals surface area contributed by atoms with Gasteiger partial charge >= 0.3 is 0 Å². The van der Waals surface area contributed by atoms with Crippen molar-refractivity contribution in [1.82, 2.24) is 24.1 Å². The minimum Gasteiger partial charge on any atom is -0.387 e. The summed E-state index contributed by atoms with van der Waals surface area (Å²) in [5, 5.41) is 24.6. The first-order valence-electron chi connectivity index (χ1n) is 9.20. The third-order valence-electron chi connectivity index (χ3n) is 5.01. The molecule has 3 aromatic rings. The third-order valence-corrected chi connectivity index (χ3v) is 5.01. The zero-order chi connectivity index (χ0) is 21.6. The number of aliphatic hydroxyl groups excluding tert-OH is 2. The number of anilines is 2. The highest BCUT2D eigenvalue weighted by Crippen LogP contribution is 2.32. The summed E-state index contributed by atoms with van der Waals surface area (Å²) < 4.78 is 8.92. The molecule has 1 fully saturated rings. The van der Waals surface area contributed by atoms with E-state index in [-0.39, 0.29) is 17.4 Å². The summed E-state index contributed by atoms with van der Waals surface area (Å²) in [4.78, 5) is 24.3. The Kier molecular flexibility index (Phi) is 4.97. The van der Waals surface area contributed by atoms with Gasteiger partial charge in [-0.2, -0.15) is 15.1 Å². The average molecular weight is 414 g/mol. The van der Waals surface area contributed by atoms with Gasteiger partial charge in [-0.3, -0.25) is 9.36 Å². The van der Waals surface area contributed by atoms with Gasteiger partial charge in [-0.1, -0.05) is 0 Å². The summed E-state index contributed by atoms with van der Waals surface area (Å²) in [5.74, 6) is -0.180. The van der Waals surface area contributed by atoms with Crippen molar-refractivity contribution in [3.8, 4) is 0 Å². The molecule has 5 N–H and O–H groups in total. The SMILES string of the molecule is CC(=O)[C@H]1O[C@@H](n2cnc3c(N)nc(N/N=C\c4cc(C)n(C)c4)nc32)[C@H](O)[C@@H]1O. The van der Waals surface area contributed by atoms with Crippen molar-refractivity contribution in [2.45, 2.75) is 38.4 Å². The number of carbonyl (C=O) groups is 1. The van der Waals surface area contributed by atoms with Gasteiger partial charge in [0.25, 0.3) is 0 Å². The Hall–Kier alpha value is -3.35. The summed E-state index contributed by atoms with van der Waals surface area (Å²) in [6.45, 7) is 3.26. The summed E-state index contributed by atoms with van der Waals surface area (Å²) >= 11 is 0. The number of ketones is 1. The number of rotatable bonds is 5. The number of hydrogen-bond acceptors (Lipinski definition) is 10. The van der Waals surface area contributed by atoms with E-state index in [1.54, 1.807) is 6.21 Å². The molecule has 12 heteroatoms. The van der Waals surface area contributed by atoms with Gasteiger partial charge in [0.2, 0.25) is 5.95 Å². The number of nitrogen functional groups attached to an aromatic ring is 1. The molecule has 0 bridgehead atoms. The number of aryl methyl sites for hydroxylation is 2. The summed E-state index contributed by atoms with van der Waals surface area (Å²) in [7, 11) is 1.94. The average Bonchev–Trinajstić information content (AvgIpc) is 3.33. The standard InChI is InChI=1S/C18H22N8O4/c1-8-4-10(6-25(8)3)5-21-24-18-22-15(19)11-16(23-18)26(7-20-11)17-13(29)12(28)14(30-17)9(2)27/h4-7,12-14,17,28-29H,1-3H3,(H3,19,22,23,24)/b21-5-/t12-,13+,14+,17+/m0/s1. The number of hydrazone groups is 1. The molecule has 0 aromatic carbocycles. The number of carbonyl (C=O) groups excluding carboxylic acids is 1. The van der Waals surface area contributed by atoms with Crippen LogP contribution in [-0.2, 0) is 16.6 Å². The molecule has 0 spiro atoms. The van der Waals surface area contributed by atoms with E-state index in [1.165, 1.54) is 17.8 Å². The van der Waals surface area contributed by atoms with Gasteiger partial charge in [-0.05, 0) is 19.9 Å². The highest BCUT2D eigenvalue weighted by molar-refractivity contribution is 5.84. The smallest absolute Gasteiger partial charge is 0.247 e. The Morgan fingerprint density at radius 1 is 1.37 bits per heavy atom. The molecular formula is C18H22N8O4. The first kappa shape index (κ1) is 19.9. The van der Waals surface area contributed by atoms with Gasteiger partial charge in [0.05, 0.1) is 12.5 Å². The number of nitrogens with one attached hydrogen (secondary N) is 1. The van der Waals surface area contributed by atoms with Crippen LogP contribution in [0.25, 0.3) is 11.2 Å². The molecule has 1 saturated heterocycles. The van der Waals surface area contributed by atoms with Crippen molar-refractivity contribution in [1.29, 1.82) is 0 Å². The molecule has 0 amide bonds. The fourth-order valence-corrected chi connectivity index (χ4v) is 3.34. The predicted molar refractivity (Wildman–Crippen MR) is 108 cm³/mol. The predicted octanol–water partition coefficient (Wildman–Crippen LogP) is -0.290. The number of aliphatic hydroxyl groups is 2. The molecule has 0 unspecified atom stereocenters. The summed E-state index contributed by atoms with van der Waals surface area (Å²) in [6.07, 6.45) is -0.00708. The molecule has 4 atom stereocenters. The monoisotopic (exact) mass is 414 g/mol. The Morgan fingerprint density at radius 3 is 2.77 bits per heavy atom. The molecule has 1 aliphatic rings. The highest BCUT2D eigenvalue weighted by atomic mass is 16.6. The van der Waals surface area contributed by atoms with Crippen molar-refractivity contribution in [2.75, 3.05) is 11.2 Å². The molecule has 0 radical (unpaired) electrons. The van der Waals surface area contributed by atoms with Crippen molar-refractivity contribution in [3.63, 3.8) is 0 Å². The number of fused-ring (bicyclic) bond motifs is 1. The Labute approximate surface area is 171 Å². The minimum absolute atomic E-state index is 0.100. The summed E-state index contributed by atoms with van der Waals surface area (Å²) in [6, 6.07) is 1.97. The molecule has 0 saturated carbocycles. The number of nitrogens with zero attached hydrogens (tertiary/aromatic N) is 6. The van der Waals surface area contributed by atoms with Crippen LogP contribution in [0.2, 0.25) is 0 Å². The maximum Gasteiger partial charge on any atom is 0.247 e. The molecule has 4 rings (SSSR count). The van der Waals surface area contributed by atoms with Crippen LogP contribution < -0.4 is 11.2 Å². The van der Waals surface area contributed by atoms with Crippen LogP contribution in [0, 0.1) is 6.92 Å². The van der Waals surface area contributed by atoms with Gasteiger partial charge in [-0.25, -0.2) is 10.4 Å². The van der Waals surface area contributed by atoms with Gasteiger partial charge in [-0.15, -0.1) is 0 Å². The zero-order valence-electron chi connectivity index (χ0n) is 16.6. The maximum absolute atomic E-state index is 11.7. The quantitative estimate of drug-likeness (QED) is 0.324. The van der Waals surface area contributed by atoms with Crippen molar-refractivity contribution in [3.05, 3.63) is 29.8 Å². The number of imidazole rings is 1. The fraction of sp³-hybridized carbons (Fsp3) is 0.389. The lowest BCUT2D eigenvalue weighted by Gasteiger charge is -2.16. The van der Waals surface area contributed by atoms with E-state index in [9.17, 15) is 15.0 Å². The van der Waals surface area contributed by atoms with Crippen LogP contribution in [-0.4, -0.2) is 64.6 Å². The van der Waals surface area contributed by atoms with E-state index in [0.29, 0.717) is 5.52 Å². The second-order valence-electron chi connectivity index (χ2n) is 7.19. The maximum atomic E-state index is 11.7. The van der Waals surface area contributed by atoms with E-state index in [0.717, 1.165) is 11.3 Å². The zero-order valence-corrected chi connectivity index (χ0v) is 16.6. The first-order valence-corrected chi connectivity index (χ1v) is 9.20. The van der Waals surface area contributed by atoms with E-state index in [2.05, 4.69) is 25.5 Å². The topological polar surface area (TPSA) is 166 Å². The van der Waals surface area contributed by atoms with Crippen LogP contribution in [0.1, 0.15) is 24.4 Å². The molecule has 12 nitrogen and oxygen atoms in total. The van der Waals surface area contributed by atoms with E-state index in [4.69, 9.17) is 10.5 Å². The van der Waals surface area contributed by atoms with Crippen molar-refractivity contribution >= 4 is 34.9 Å². The number of nitrogens with two attached hydrogens (primary N) is 1. The third kappa shape index (κ3) is 3.40. The largest absolute Gasteiger partial charge is 0.387 e. The van der Waals surface area contributed by atoms with Crippen LogP contribution in [0.4, 0.5) is 11.8 Å². The van der Waals surface area contributed by atoms with Crippen molar-refractivity contribution < 1.29 is 19.7 Å². The number of ether oxygens (including phenoxy) is 1. The van der Waals surface area contributed by atoms with Crippen LogP contribution in [0.5, 0.6) is 0 Å². The van der Waals surface area contributed by atoms with E-state index < -0.39 is 30.3 Å². The lowest BCUT2D eigenvalue weighted by molar-refractivity contribution is -0.133. The van der Waals surface area contributed by atoms with Gasteiger partial charge < -0.3 is 25.3 Å². The van der Waals surface area contributed by atoms with Gasteiger partial charge in [0.1, 0.15) is 23.8 Å². The Balaban J connectivity index is 1.62. The van der Waals surface area contributed by atoms with Crippen LogP contribution >= 0.6 is 0 Å². The first-order chi connectivity index (χ1) is 14.3. The molecule has 1 aliphatic heterocycles. The molecule has 30 heavy (non-hydrogen) atoms. The highest BCUT2D eigenvalue weighted by Gasteiger charge is 2.46. The van der Waals surface area contributed by atoms with E-state index >= 15 is 0 Å². The second-order valence-corrected chi connectivity index (χ2v) is 7.19. The normalized spacial score (nSPS) is 24.2. The molecule has 3 aromatic heterocycles. The fourth-order valence-electron chi connectivity index (χ4n) is 3.34. The van der Waals surface area contributed by atoms with Gasteiger partial charge in [0.15, 0.2) is 23.5 Å². The van der Waals surface area contributed by atoms with E-state index in [1.807, 2.05) is 30.8 Å². The Bertz CT molecular complexity index is 1120. The molecule has 0 aliphatic carbocycles.